The maximum absolute atomic E-state index is 6.20. The van der Waals surface area contributed by atoms with Crippen molar-refractivity contribution in [2.75, 3.05) is 14.2 Å². The van der Waals surface area contributed by atoms with E-state index in [1.165, 1.54) is 0 Å². The lowest BCUT2D eigenvalue weighted by Gasteiger charge is -2.19. The highest BCUT2D eigenvalue weighted by molar-refractivity contribution is 5.50. The Kier molecular flexibility index (Phi) is 5.44. The van der Waals surface area contributed by atoms with E-state index in [4.69, 9.17) is 20.9 Å². The monoisotopic (exact) mass is 252 g/mol. The third-order valence-electron chi connectivity index (χ3n) is 3.14. The minimum Gasteiger partial charge on any atom is -0.496 e. The van der Waals surface area contributed by atoms with E-state index in [1.807, 2.05) is 26.0 Å². The molecule has 0 aliphatic carbocycles. The molecule has 0 radical (unpaired) electrons. The Balaban J connectivity index is 2.97. The average molecular weight is 252 g/mol. The van der Waals surface area contributed by atoms with Gasteiger partial charge in [0.1, 0.15) is 11.5 Å². The van der Waals surface area contributed by atoms with E-state index in [9.17, 15) is 0 Å². The Morgan fingerprint density at radius 2 is 1.78 bits per heavy atom. The van der Waals surface area contributed by atoms with Crippen molar-refractivity contribution in [3.63, 3.8) is 0 Å². The first-order valence-corrected chi connectivity index (χ1v) is 6.23. The highest BCUT2D eigenvalue weighted by Gasteiger charge is 2.16. The van der Waals surface area contributed by atoms with Crippen LogP contribution in [-0.2, 0) is 0 Å². The lowest BCUT2D eigenvalue weighted by molar-refractivity contribution is 0.381. The van der Waals surface area contributed by atoms with Crippen LogP contribution >= 0.6 is 0 Å². The minimum atomic E-state index is -0.0597. The van der Waals surface area contributed by atoms with Crippen molar-refractivity contribution in [2.45, 2.75) is 38.8 Å². The fraction of sp³-hybridized carbons (Fsp3) is 0.571. The van der Waals surface area contributed by atoms with Crippen LogP contribution in [0.4, 0.5) is 0 Å². The van der Waals surface area contributed by atoms with Gasteiger partial charge in [0.2, 0.25) is 0 Å². The molecule has 1 rings (SSSR count). The molecule has 0 fully saturated rings. The summed E-state index contributed by atoms with van der Waals surface area (Å²) >= 11 is 0. The predicted molar refractivity (Wildman–Crippen MR) is 74.1 cm³/mol. The van der Waals surface area contributed by atoms with Crippen molar-refractivity contribution in [3.8, 4) is 11.5 Å². The molecule has 0 aliphatic rings. The molecule has 0 saturated heterocycles. The van der Waals surface area contributed by atoms with Crippen molar-refractivity contribution >= 4 is 0 Å². The number of methoxy groups -OCH3 is 2. The molecule has 4 heteroatoms. The van der Waals surface area contributed by atoms with Gasteiger partial charge in [0, 0.05) is 23.2 Å². The number of hydrogen-bond donors (Lipinski definition) is 2. The first-order chi connectivity index (χ1) is 8.51. The Labute approximate surface area is 109 Å². The maximum atomic E-state index is 6.20. The summed E-state index contributed by atoms with van der Waals surface area (Å²) in [6, 6.07) is 4.01. The van der Waals surface area contributed by atoms with E-state index >= 15 is 0 Å². The van der Waals surface area contributed by atoms with Gasteiger partial charge in [-0.1, -0.05) is 6.07 Å². The zero-order valence-electron chi connectivity index (χ0n) is 11.7. The zero-order valence-corrected chi connectivity index (χ0v) is 11.7. The van der Waals surface area contributed by atoms with E-state index in [0.717, 1.165) is 35.5 Å². The van der Waals surface area contributed by atoms with Gasteiger partial charge in [0.25, 0.3) is 0 Å². The van der Waals surface area contributed by atoms with Crippen LogP contribution in [0.15, 0.2) is 12.1 Å². The molecule has 0 heterocycles. The summed E-state index contributed by atoms with van der Waals surface area (Å²) in [5, 5.41) is 0. The summed E-state index contributed by atoms with van der Waals surface area (Å²) in [6.07, 6.45) is 1.75. The van der Waals surface area contributed by atoms with Gasteiger partial charge in [-0.05, 0) is 32.8 Å². The molecule has 4 nitrogen and oxygen atoms in total. The summed E-state index contributed by atoms with van der Waals surface area (Å²) in [7, 11) is 3.31. The van der Waals surface area contributed by atoms with Crippen molar-refractivity contribution in [2.24, 2.45) is 11.5 Å². The quantitative estimate of drug-likeness (QED) is 0.813. The Morgan fingerprint density at radius 3 is 2.28 bits per heavy atom. The van der Waals surface area contributed by atoms with Gasteiger partial charge in [-0.2, -0.15) is 0 Å². The Hall–Kier alpha value is -1.26. The van der Waals surface area contributed by atoms with Crippen LogP contribution in [-0.4, -0.2) is 20.3 Å². The van der Waals surface area contributed by atoms with Crippen molar-refractivity contribution in [1.82, 2.24) is 0 Å². The molecular weight excluding hydrogens is 228 g/mol. The Bertz CT molecular complexity index is 392. The molecule has 4 N–H and O–H groups in total. The maximum Gasteiger partial charge on any atom is 0.130 e. The third kappa shape index (κ3) is 3.37. The largest absolute Gasteiger partial charge is 0.496 e. The minimum absolute atomic E-state index is 0.0597. The van der Waals surface area contributed by atoms with Crippen molar-refractivity contribution < 1.29 is 9.47 Å². The van der Waals surface area contributed by atoms with Crippen LogP contribution in [0.5, 0.6) is 11.5 Å². The summed E-state index contributed by atoms with van der Waals surface area (Å²) in [4.78, 5) is 0. The number of ether oxygens (including phenoxy) is 2. The summed E-state index contributed by atoms with van der Waals surface area (Å²) in [5.74, 6) is 1.63. The van der Waals surface area contributed by atoms with Crippen LogP contribution < -0.4 is 20.9 Å². The normalized spacial score (nSPS) is 14.1. The molecule has 1 aromatic carbocycles. The molecule has 0 bridgehead atoms. The fourth-order valence-electron chi connectivity index (χ4n) is 2.08. The molecule has 0 aromatic heterocycles. The second kappa shape index (κ2) is 6.61. The van der Waals surface area contributed by atoms with Crippen molar-refractivity contribution in [3.05, 3.63) is 23.3 Å². The van der Waals surface area contributed by atoms with E-state index in [1.54, 1.807) is 14.2 Å². The van der Waals surface area contributed by atoms with Gasteiger partial charge in [-0.15, -0.1) is 0 Å². The third-order valence-corrected chi connectivity index (χ3v) is 3.14. The highest BCUT2D eigenvalue weighted by atomic mass is 16.5. The molecule has 0 aliphatic heterocycles. The summed E-state index contributed by atoms with van der Waals surface area (Å²) < 4.78 is 10.7. The molecule has 2 atom stereocenters. The van der Waals surface area contributed by atoms with Crippen LogP contribution in [0, 0.1) is 6.92 Å². The molecule has 0 amide bonds. The summed E-state index contributed by atoms with van der Waals surface area (Å²) in [6.45, 7) is 3.96. The van der Waals surface area contributed by atoms with Crippen LogP contribution in [0.1, 0.15) is 36.9 Å². The first-order valence-electron chi connectivity index (χ1n) is 6.23. The standard InChI is InChI=1S/C14H24N2O2/c1-9(15)5-7-12(16)11-6-8-13(17-3)10(2)14(11)18-4/h6,8-9,12H,5,7,15-16H2,1-4H3. The predicted octanol–water partition coefficient (Wildman–Crippen LogP) is 2.14. The second-order valence-corrected chi connectivity index (χ2v) is 4.68. The van der Waals surface area contributed by atoms with Gasteiger partial charge in [-0.3, -0.25) is 0 Å². The van der Waals surface area contributed by atoms with Crippen molar-refractivity contribution in [1.29, 1.82) is 0 Å². The SMILES string of the molecule is COc1ccc(C(N)CCC(C)N)c(OC)c1C. The number of benzene rings is 1. The lowest BCUT2D eigenvalue weighted by Crippen LogP contribution is -2.19. The van der Waals surface area contributed by atoms with E-state index in [2.05, 4.69) is 0 Å². The van der Waals surface area contributed by atoms with Gasteiger partial charge >= 0.3 is 0 Å². The summed E-state index contributed by atoms with van der Waals surface area (Å²) in [5.41, 5.74) is 14.0. The molecular formula is C14H24N2O2. The van der Waals surface area contributed by atoms with Crippen LogP contribution in [0.3, 0.4) is 0 Å². The lowest BCUT2D eigenvalue weighted by atomic mass is 9.97. The average Bonchev–Trinajstić information content (AvgIpc) is 2.35. The van der Waals surface area contributed by atoms with E-state index in [0.29, 0.717) is 0 Å². The molecule has 0 saturated carbocycles. The smallest absolute Gasteiger partial charge is 0.130 e. The number of hydrogen-bond acceptors (Lipinski definition) is 4. The zero-order chi connectivity index (χ0) is 13.7. The fourth-order valence-corrected chi connectivity index (χ4v) is 2.08. The van der Waals surface area contributed by atoms with E-state index in [-0.39, 0.29) is 12.1 Å². The van der Waals surface area contributed by atoms with Gasteiger partial charge in [-0.25, -0.2) is 0 Å². The number of rotatable bonds is 6. The molecule has 2 unspecified atom stereocenters. The highest BCUT2D eigenvalue weighted by Crippen LogP contribution is 2.35. The first kappa shape index (κ1) is 14.8. The molecule has 0 spiro atoms. The topological polar surface area (TPSA) is 70.5 Å². The van der Waals surface area contributed by atoms with Gasteiger partial charge in [0.15, 0.2) is 0 Å². The number of nitrogens with two attached hydrogens (primary N) is 2. The second-order valence-electron chi connectivity index (χ2n) is 4.68. The van der Waals surface area contributed by atoms with Crippen LogP contribution in [0.25, 0.3) is 0 Å². The molecule has 18 heavy (non-hydrogen) atoms. The van der Waals surface area contributed by atoms with E-state index < -0.39 is 0 Å². The molecule has 1 aromatic rings. The Morgan fingerprint density at radius 1 is 1.11 bits per heavy atom. The van der Waals surface area contributed by atoms with Crippen LogP contribution in [0.2, 0.25) is 0 Å². The van der Waals surface area contributed by atoms with Gasteiger partial charge in [0.05, 0.1) is 14.2 Å². The molecule has 102 valence electrons. The van der Waals surface area contributed by atoms with Gasteiger partial charge < -0.3 is 20.9 Å².